The zero-order valence-electron chi connectivity index (χ0n) is 15.4. The molecule has 1 atom stereocenters. The third kappa shape index (κ3) is 2.92. The minimum atomic E-state index is 0.170. The van der Waals surface area contributed by atoms with Crippen LogP contribution in [0.1, 0.15) is 44.0 Å². The molecule has 7 heteroatoms. The Morgan fingerprint density at radius 3 is 2.81 bits per heavy atom. The van der Waals surface area contributed by atoms with Gasteiger partial charge in [0.2, 0.25) is 0 Å². The lowest BCUT2D eigenvalue weighted by Gasteiger charge is -2.26. The van der Waals surface area contributed by atoms with Gasteiger partial charge >= 0.3 is 0 Å². The Hall–Kier alpha value is -2.21. The second-order valence-electron chi connectivity index (χ2n) is 7.28. The van der Waals surface area contributed by atoms with Gasteiger partial charge in [-0.05, 0) is 31.7 Å². The molecule has 0 aliphatic carbocycles. The highest BCUT2D eigenvalue weighted by atomic mass is 35.5. The molecule has 136 valence electrons. The van der Waals surface area contributed by atoms with Crippen molar-refractivity contribution < 1.29 is 0 Å². The molecule has 1 unspecified atom stereocenters. The number of pyridine rings is 1. The Morgan fingerprint density at radius 1 is 1.19 bits per heavy atom. The Labute approximate surface area is 158 Å². The average Bonchev–Trinajstić information content (AvgIpc) is 3.18. The molecule has 0 bridgehead atoms. The first-order valence-corrected chi connectivity index (χ1v) is 9.49. The van der Waals surface area contributed by atoms with E-state index in [9.17, 15) is 0 Å². The van der Waals surface area contributed by atoms with Crippen molar-refractivity contribution in [2.45, 2.75) is 46.2 Å². The monoisotopic (exact) mass is 370 g/mol. The zero-order valence-corrected chi connectivity index (χ0v) is 16.1. The van der Waals surface area contributed by atoms with E-state index in [2.05, 4.69) is 33.7 Å². The summed E-state index contributed by atoms with van der Waals surface area (Å²) in [6, 6.07) is 2.07. The Morgan fingerprint density at radius 2 is 2.00 bits per heavy atom. The smallest absolute Gasteiger partial charge is 0.157 e. The van der Waals surface area contributed by atoms with E-state index in [0.29, 0.717) is 5.92 Å². The van der Waals surface area contributed by atoms with E-state index in [4.69, 9.17) is 16.7 Å². The van der Waals surface area contributed by atoms with Gasteiger partial charge in [-0.2, -0.15) is 5.10 Å². The van der Waals surface area contributed by atoms with Crippen molar-refractivity contribution >= 4 is 28.5 Å². The first-order valence-electron chi connectivity index (χ1n) is 9.11. The van der Waals surface area contributed by atoms with E-state index in [0.717, 1.165) is 59.2 Å². The van der Waals surface area contributed by atoms with Gasteiger partial charge in [-0.15, -0.1) is 0 Å². The first-order chi connectivity index (χ1) is 12.6. The van der Waals surface area contributed by atoms with E-state index >= 15 is 0 Å². The summed E-state index contributed by atoms with van der Waals surface area (Å²) in [6.45, 7) is 8.15. The zero-order chi connectivity index (χ0) is 18.3. The van der Waals surface area contributed by atoms with Crippen LogP contribution in [0.2, 0.25) is 5.15 Å². The van der Waals surface area contributed by atoms with Crippen LogP contribution in [-0.2, 0) is 6.54 Å². The summed E-state index contributed by atoms with van der Waals surface area (Å²) in [5.74, 6) is 1.37. The van der Waals surface area contributed by atoms with Crippen molar-refractivity contribution in [2.24, 2.45) is 5.92 Å². The van der Waals surface area contributed by atoms with Crippen molar-refractivity contribution in [2.75, 3.05) is 11.4 Å². The molecule has 1 aliphatic heterocycles. The van der Waals surface area contributed by atoms with Gasteiger partial charge in [-0.3, -0.25) is 9.67 Å². The van der Waals surface area contributed by atoms with E-state index in [1.165, 1.54) is 0 Å². The predicted octanol–water partition coefficient (Wildman–Crippen LogP) is 4.18. The first kappa shape index (κ1) is 17.2. The topological polar surface area (TPSA) is 59.7 Å². The van der Waals surface area contributed by atoms with Crippen molar-refractivity contribution in [3.05, 3.63) is 41.1 Å². The van der Waals surface area contributed by atoms with Gasteiger partial charge < -0.3 is 4.90 Å². The fraction of sp³-hybridized carbons (Fsp3) is 0.474. The van der Waals surface area contributed by atoms with Crippen molar-refractivity contribution in [3.8, 4) is 0 Å². The molecular weight excluding hydrogens is 348 g/mol. The summed E-state index contributed by atoms with van der Waals surface area (Å²) in [4.78, 5) is 15.9. The molecule has 6 nitrogen and oxygen atoms in total. The molecule has 1 fully saturated rings. The second-order valence-corrected chi connectivity index (χ2v) is 7.63. The van der Waals surface area contributed by atoms with Crippen LogP contribution < -0.4 is 4.90 Å². The molecule has 1 aliphatic rings. The molecule has 1 saturated heterocycles. The summed E-state index contributed by atoms with van der Waals surface area (Å²) >= 11 is 6.75. The Bertz CT molecular complexity index is 930. The maximum atomic E-state index is 6.75. The summed E-state index contributed by atoms with van der Waals surface area (Å²) in [7, 11) is 0. The van der Waals surface area contributed by atoms with E-state index < -0.39 is 0 Å². The number of rotatable bonds is 4. The number of aryl methyl sites for hydroxylation is 1. The van der Waals surface area contributed by atoms with Crippen LogP contribution in [0.25, 0.3) is 11.0 Å². The quantitative estimate of drug-likeness (QED) is 0.689. The molecular formula is C19H23ClN6. The van der Waals surface area contributed by atoms with Gasteiger partial charge in [-0.25, -0.2) is 9.97 Å². The summed E-state index contributed by atoms with van der Waals surface area (Å²) in [5.41, 5.74) is 3.82. The molecule has 4 heterocycles. The van der Waals surface area contributed by atoms with Gasteiger partial charge in [0.05, 0.1) is 17.3 Å². The lowest BCUT2D eigenvalue weighted by Crippen LogP contribution is -2.24. The molecule has 0 N–H and O–H groups in total. The Balaban J connectivity index is 1.77. The highest BCUT2D eigenvalue weighted by Gasteiger charge is 2.33. The standard InChI is InChI=1S/C19H23ClN6/c1-12(2)11-26-18(20)16(13(3)24-26)15-5-4-10-25(15)19-17-14(6-7-23-19)21-8-9-22-17/h6-9,12,15H,4-5,10-11H2,1-3H3. The lowest BCUT2D eigenvalue weighted by molar-refractivity contribution is 0.481. The molecule has 3 aromatic heterocycles. The lowest BCUT2D eigenvalue weighted by atomic mass is 10.1. The molecule has 0 amide bonds. The molecule has 0 radical (unpaired) electrons. The molecule has 0 spiro atoms. The number of halogens is 1. The van der Waals surface area contributed by atoms with Crippen LogP contribution in [0.5, 0.6) is 0 Å². The predicted molar refractivity (Wildman–Crippen MR) is 103 cm³/mol. The van der Waals surface area contributed by atoms with E-state index in [1.807, 2.05) is 17.7 Å². The highest BCUT2D eigenvalue weighted by Crippen LogP contribution is 2.41. The maximum absolute atomic E-state index is 6.75. The minimum absolute atomic E-state index is 0.170. The van der Waals surface area contributed by atoms with Crippen molar-refractivity contribution in [3.63, 3.8) is 0 Å². The summed E-state index contributed by atoms with van der Waals surface area (Å²) in [6.07, 6.45) is 7.36. The number of aromatic nitrogens is 5. The Kier molecular flexibility index (Phi) is 4.53. The molecule has 3 aromatic rings. The number of nitrogens with zero attached hydrogens (tertiary/aromatic N) is 6. The van der Waals surface area contributed by atoms with Gasteiger partial charge in [-0.1, -0.05) is 25.4 Å². The fourth-order valence-electron chi connectivity index (χ4n) is 3.83. The highest BCUT2D eigenvalue weighted by molar-refractivity contribution is 6.30. The molecule has 26 heavy (non-hydrogen) atoms. The molecule has 0 aromatic carbocycles. The van der Waals surface area contributed by atoms with Crippen LogP contribution in [-0.4, -0.2) is 31.3 Å². The van der Waals surface area contributed by atoms with Gasteiger partial charge in [0.15, 0.2) is 5.82 Å². The van der Waals surface area contributed by atoms with Crippen molar-refractivity contribution in [1.82, 2.24) is 24.7 Å². The number of anilines is 1. The third-order valence-electron chi connectivity index (χ3n) is 4.87. The third-order valence-corrected chi connectivity index (χ3v) is 5.27. The fourth-order valence-corrected chi connectivity index (χ4v) is 4.20. The summed E-state index contributed by atoms with van der Waals surface area (Å²) < 4.78 is 1.93. The van der Waals surface area contributed by atoms with Gasteiger partial charge in [0.1, 0.15) is 10.7 Å². The minimum Gasteiger partial charge on any atom is -0.348 e. The second kappa shape index (κ2) is 6.83. The van der Waals surface area contributed by atoms with Crippen LogP contribution in [0.3, 0.4) is 0 Å². The van der Waals surface area contributed by atoms with Crippen LogP contribution in [0, 0.1) is 12.8 Å². The largest absolute Gasteiger partial charge is 0.348 e. The van der Waals surface area contributed by atoms with E-state index in [-0.39, 0.29) is 6.04 Å². The SMILES string of the molecule is Cc1nn(CC(C)C)c(Cl)c1C1CCCN1c1nccc2nccnc12. The maximum Gasteiger partial charge on any atom is 0.157 e. The summed E-state index contributed by atoms with van der Waals surface area (Å²) in [5, 5.41) is 5.44. The van der Waals surface area contributed by atoms with Crippen LogP contribution in [0.15, 0.2) is 24.7 Å². The van der Waals surface area contributed by atoms with Gasteiger partial charge in [0, 0.05) is 37.2 Å². The van der Waals surface area contributed by atoms with E-state index in [1.54, 1.807) is 18.6 Å². The number of hydrogen-bond acceptors (Lipinski definition) is 5. The molecule has 4 rings (SSSR count). The van der Waals surface area contributed by atoms with Crippen LogP contribution in [0.4, 0.5) is 5.82 Å². The van der Waals surface area contributed by atoms with Crippen molar-refractivity contribution in [1.29, 1.82) is 0 Å². The normalized spacial score (nSPS) is 17.6. The number of hydrogen-bond donors (Lipinski definition) is 0. The van der Waals surface area contributed by atoms with Crippen LogP contribution >= 0.6 is 11.6 Å². The molecule has 0 saturated carbocycles. The average molecular weight is 371 g/mol. The number of fused-ring (bicyclic) bond motifs is 1. The van der Waals surface area contributed by atoms with Gasteiger partial charge in [0.25, 0.3) is 0 Å².